The van der Waals surface area contributed by atoms with E-state index in [2.05, 4.69) is 0 Å². The van der Waals surface area contributed by atoms with E-state index in [4.69, 9.17) is 5.73 Å². The second kappa shape index (κ2) is 5.04. The molecule has 74 valence electrons. The van der Waals surface area contributed by atoms with E-state index in [1.54, 1.807) is 0 Å². The predicted octanol–water partition coefficient (Wildman–Crippen LogP) is 2.36. The maximum atomic E-state index is 12.7. The number of benzene rings is 1. The summed E-state index contributed by atoms with van der Waals surface area (Å²) < 4.78 is 12.7. The topological polar surface area (TPSA) is 46.2 Å². The maximum Gasteiger partial charge on any atom is 0.123 e. The third-order valence-corrected chi connectivity index (χ3v) is 1.83. The minimum absolute atomic E-state index is 0. The van der Waals surface area contributed by atoms with Crippen LogP contribution in [0.1, 0.15) is 24.9 Å². The Balaban J connectivity index is 0.00000144. The monoisotopic (exact) mass is 205 g/mol. The van der Waals surface area contributed by atoms with Crippen LogP contribution in [-0.2, 0) is 0 Å². The molecule has 2 nitrogen and oxygen atoms in total. The van der Waals surface area contributed by atoms with E-state index in [1.165, 1.54) is 18.2 Å². The van der Waals surface area contributed by atoms with Gasteiger partial charge >= 0.3 is 0 Å². The van der Waals surface area contributed by atoms with Crippen molar-refractivity contribution in [2.24, 2.45) is 5.73 Å². The average Bonchev–Trinajstić information content (AvgIpc) is 2.08. The number of halogens is 2. The fourth-order valence-corrected chi connectivity index (χ4v) is 1.04. The van der Waals surface area contributed by atoms with Crippen molar-refractivity contribution in [3.8, 4) is 5.75 Å². The molecule has 4 heteroatoms. The zero-order valence-corrected chi connectivity index (χ0v) is 8.14. The van der Waals surface area contributed by atoms with Gasteiger partial charge in [-0.05, 0) is 24.6 Å². The molecule has 1 aromatic rings. The molecule has 0 unspecified atom stereocenters. The molecule has 0 bridgehead atoms. The SMILES string of the molecule is CC[C@@H](N)c1cc(F)ccc1O.Cl. The first-order valence-electron chi connectivity index (χ1n) is 3.89. The summed E-state index contributed by atoms with van der Waals surface area (Å²) in [6.45, 7) is 1.88. The summed E-state index contributed by atoms with van der Waals surface area (Å²) in [5.74, 6) is -0.308. The zero-order valence-electron chi connectivity index (χ0n) is 7.33. The Morgan fingerprint density at radius 2 is 2.15 bits per heavy atom. The summed E-state index contributed by atoms with van der Waals surface area (Å²) in [6, 6.07) is 3.51. The van der Waals surface area contributed by atoms with Gasteiger partial charge in [0.25, 0.3) is 0 Å². The number of aromatic hydroxyl groups is 1. The van der Waals surface area contributed by atoms with E-state index >= 15 is 0 Å². The molecule has 0 saturated heterocycles. The van der Waals surface area contributed by atoms with Gasteiger partial charge in [0, 0.05) is 11.6 Å². The third-order valence-electron chi connectivity index (χ3n) is 1.83. The van der Waals surface area contributed by atoms with Gasteiger partial charge in [0.1, 0.15) is 11.6 Å². The molecule has 0 fully saturated rings. The number of phenolic OH excluding ortho intramolecular Hbond substituents is 1. The highest BCUT2D eigenvalue weighted by Crippen LogP contribution is 2.24. The lowest BCUT2D eigenvalue weighted by Crippen LogP contribution is -2.08. The maximum absolute atomic E-state index is 12.7. The summed E-state index contributed by atoms with van der Waals surface area (Å²) >= 11 is 0. The first-order chi connectivity index (χ1) is 5.65. The van der Waals surface area contributed by atoms with Crippen LogP contribution in [0.5, 0.6) is 5.75 Å². The Bertz CT molecular complexity index is 280. The standard InChI is InChI=1S/C9H12FNO.ClH/c1-2-8(11)7-5-6(10)3-4-9(7)12;/h3-5,8,12H,2,11H2,1H3;1H/t8-;/m1./s1. The molecule has 0 aliphatic heterocycles. The zero-order chi connectivity index (χ0) is 9.14. The molecular weight excluding hydrogens is 193 g/mol. The predicted molar refractivity (Wildman–Crippen MR) is 52.5 cm³/mol. The molecule has 3 N–H and O–H groups in total. The average molecular weight is 206 g/mol. The van der Waals surface area contributed by atoms with Crippen molar-refractivity contribution in [2.45, 2.75) is 19.4 Å². The lowest BCUT2D eigenvalue weighted by atomic mass is 10.0. The second-order valence-corrected chi connectivity index (χ2v) is 2.72. The van der Waals surface area contributed by atoms with Gasteiger partial charge in [0.2, 0.25) is 0 Å². The van der Waals surface area contributed by atoms with Crippen LogP contribution in [-0.4, -0.2) is 5.11 Å². The highest BCUT2D eigenvalue weighted by molar-refractivity contribution is 5.85. The lowest BCUT2D eigenvalue weighted by Gasteiger charge is -2.10. The number of hydrogen-bond donors (Lipinski definition) is 2. The molecular formula is C9H13ClFNO. The Hall–Kier alpha value is -0.800. The van der Waals surface area contributed by atoms with Crippen LogP contribution in [0.15, 0.2) is 18.2 Å². The molecule has 0 aromatic heterocycles. The molecule has 0 saturated carbocycles. The van der Waals surface area contributed by atoms with Crippen LogP contribution in [0.4, 0.5) is 4.39 Å². The van der Waals surface area contributed by atoms with Crippen molar-refractivity contribution in [3.63, 3.8) is 0 Å². The van der Waals surface area contributed by atoms with Crippen LogP contribution in [0.2, 0.25) is 0 Å². The van der Waals surface area contributed by atoms with E-state index in [9.17, 15) is 9.50 Å². The van der Waals surface area contributed by atoms with Crippen LogP contribution < -0.4 is 5.73 Å². The van der Waals surface area contributed by atoms with Gasteiger partial charge in [-0.3, -0.25) is 0 Å². The smallest absolute Gasteiger partial charge is 0.123 e. The highest BCUT2D eigenvalue weighted by Gasteiger charge is 2.09. The van der Waals surface area contributed by atoms with Crippen LogP contribution in [0, 0.1) is 5.82 Å². The van der Waals surface area contributed by atoms with E-state index in [0.717, 1.165) is 0 Å². The first-order valence-corrected chi connectivity index (χ1v) is 3.89. The molecule has 0 radical (unpaired) electrons. The number of phenols is 1. The van der Waals surface area contributed by atoms with Crippen molar-refractivity contribution in [2.75, 3.05) is 0 Å². The van der Waals surface area contributed by atoms with Gasteiger partial charge in [0.15, 0.2) is 0 Å². The normalized spacial score (nSPS) is 11.9. The van der Waals surface area contributed by atoms with E-state index < -0.39 is 0 Å². The number of nitrogens with two attached hydrogens (primary N) is 1. The number of rotatable bonds is 2. The fourth-order valence-electron chi connectivity index (χ4n) is 1.04. The Morgan fingerprint density at radius 3 is 2.69 bits per heavy atom. The van der Waals surface area contributed by atoms with E-state index in [-0.39, 0.29) is 30.0 Å². The highest BCUT2D eigenvalue weighted by atomic mass is 35.5. The van der Waals surface area contributed by atoms with Gasteiger partial charge in [-0.15, -0.1) is 12.4 Å². The van der Waals surface area contributed by atoms with E-state index in [0.29, 0.717) is 12.0 Å². The molecule has 1 atom stereocenters. The largest absolute Gasteiger partial charge is 0.508 e. The summed E-state index contributed by atoms with van der Waals surface area (Å²) in [4.78, 5) is 0. The summed E-state index contributed by atoms with van der Waals surface area (Å²) in [6.07, 6.45) is 0.678. The van der Waals surface area contributed by atoms with Gasteiger partial charge < -0.3 is 10.8 Å². The second-order valence-electron chi connectivity index (χ2n) is 2.72. The van der Waals surface area contributed by atoms with Crippen molar-refractivity contribution in [3.05, 3.63) is 29.6 Å². The Labute approximate surface area is 83.0 Å². The van der Waals surface area contributed by atoms with Crippen molar-refractivity contribution in [1.82, 2.24) is 0 Å². The minimum atomic E-state index is -0.369. The molecule has 0 amide bonds. The molecule has 1 rings (SSSR count). The van der Waals surface area contributed by atoms with Gasteiger partial charge in [-0.2, -0.15) is 0 Å². The van der Waals surface area contributed by atoms with E-state index in [1.807, 2.05) is 6.92 Å². The van der Waals surface area contributed by atoms with Crippen LogP contribution in [0.25, 0.3) is 0 Å². The van der Waals surface area contributed by atoms with Crippen LogP contribution >= 0.6 is 12.4 Å². The minimum Gasteiger partial charge on any atom is -0.508 e. The van der Waals surface area contributed by atoms with Crippen molar-refractivity contribution >= 4 is 12.4 Å². The van der Waals surface area contributed by atoms with Gasteiger partial charge in [-0.1, -0.05) is 6.92 Å². The molecule has 13 heavy (non-hydrogen) atoms. The third kappa shape index (κ3) is 2.86. The summed E-state index contributed by atoms with van der Waals surface area (Å²) in [7, 11) is 0. The Kier molecular flexibility index (Phi) is 4.73. The number of hydrogen-bond acceptors (Lipinski definition) is 2. The summed E-state index contributed by atoms with van der Waals surface area (Å²) in [5.41, 5.74) is 6.11. The van der Waals surface area contributed by atoms with Crippen molar-refractivity contribution in [1.29, 1.82) is 0 Å². The quantitative estimate of drug-likeness (QED) is 0.779. The van der Waals surface area contributed by atoms with Crippen LogP contribution in [0.3, 0.4) is 0 Å². The molecule has 0 aliphatic carbocycles. The lowest BCUT2D eigenvalue weighted by molar-refractivity contribution is 0.457. The summed E-state index contributed by atoms with van der Waals surface area (Å²) in [5, 5.41) is 9.29. The fraction of sp³-hybridized carbons (Fsp3) is 0.333. The van der Waals surface area contributed by atoms with Gasteiger partial charge in [-0.25, -0.2) is 4.39 Å². The Morgan fingerprint density at radius 1 is 1.54 bits per heavy atom. The molecule has 0 spiro atoms. The molecule has 0 aliphatic rings. The molecule has 1 aromatic carbocycles. The van der Waals surface area contributed by atoms with Gasteiger partial charge in [0.05, 0.1) is 0 Å². The molecule has 0 heterocycles. The van der Waals surface area contributed by atoms with Crippen molar-refractivity contribution < 1.29 is 9.50 Å². The first kappa shape index (κ1) is 12.2.